The number of carbonyl (C=O) groups excluding carboxylic acids is 3. The number of aromatic nitrogens is 2. The largest absolute Gasteiger partial charge is 2.00 e. The molecule has 1 aromatic carbocycles. The Balaban J connectivity index is 0.00000544. The Morgan fingerprint density at radius 2 is 1.70 bits per heavy atom. The molecule has 0 spiro atoms. The minimum Gasteiger partial charge on any atom is -0.660 e. The number of aldehydes is 1. The van der Waals surface area contributed by atoms with Crippen LogP contribution in [0.5, 0.6) is 0 Å². The third kappa shape index (κ3) is 6.06. The van der Waals surface area contributed by atoms with Gasteiger partial charge in [0.15, 0.2) is 0 Å². The van der Waals surface area contributed by atoms with E-state index in [1.54, 1.807) is 0 Å². The smallest absolute Gasteiger partial charge is 0.660 e. The maximum absolute atomic E-state index is 12.6. The maximum atomic E-state index is 12.6. The van der Waals surface area contributed by atoms with E-state index in [1.165, 1.54) is 14.2 Å². The molecule has 0 amide bonds. The Morgan fingerprint density at radius 3 is 2.35 bits per heavy atom. The summed E-state index contributed by atoms with van der Waals surface area (Å²) < 4.78 is 10.1. The Labute approximate surface area is 361 Å². The Bertz CT molecular complexity index is 2690. The number of carbonyl (C=O) groups is 3. The molecule has 6 heterocycles. The molecule has 11 nitrogen and oxygen atoms in total. The number of nitrogens with zero attached hydrogens (tertiary/aromatic N) is 6. The number of fused-ring (bicyclic) bond motifs is 9. The summed E-state index contributed by atoms with van der Waals surface area (Å²) in [5.41, 5.74) is 11.6. The van der Waals surface area contributed by atoms with Crippen LogP contribution in [0.15, 0.2) is 56.7 Å². The van der Waals surface area contributed by atoms with Gasteiger partial charge in [-0.05, 0) is 88.3 Å². The van der Waals surface area contributed by atoms with Gasteiger partial charge in [0.05, 0.1) is 43.8 Å². The molecule has 5 aliphatic rings. The molecule has 0 fully saturated rings. The van der Waals surface area contributed by atoms with Gasteiger partial charge in [0, 0.05) is 59.2 Å². The quantitative estimate of drug-likeness (QED) is 0.153. The van der Waals surface area contributed by atoms with Crippen molar-refractivity contribution >= 4 is 53.6 Å². The van der Waals surface area contributed by atoms with E-state index >= 15 is 0 Å². The second-order valence-electron chi connectivity index (χ2n) is 16.5. The van der Waals surface area contributed by atoms with Crippen LogP contribution in [0.25, 0.3) is 18.2 Å². The molecule has 0 saturated heterocycles. The fourth-order valence-corrected chi connectivity index (χ4v) is 11.1. The second-order valence-corrected chi connectivity index (χ2v) is 16.5. The van der Waals surface area contributed by atoms with Crippen LogP contribution in [0.4, 0.5) is 5.69 Å². The van der Waals surface area contributed by atoms with E-state index in [0.29, 0.717) is 46.8 Å². The number of esters is 2. The summed E-state index contributed by atoms with van der Waals surface area (Å²) in [6.45, 7) is 12.7. The van der Waals surface area contributed by atoms with E-state index in [-0.39, 0.29) is 59.3 Å². The average molecular weight is 850 g/mol. The van der Waals surface area contributed by atoms with Crippen molar-refractivity contribution in [3.05, 3.63) is 102 Å². The molecule has 312 valence electrons. The van der Waals surface area contributed by atoms with Gasteiger partial charge < -0.3 is 24.3 Å². The molecule has 3 aromatic rings. The van der Waals surface area contributed by atoms with Crippen molar-refractivity contribution in [3.63, 3.8) is 0 Å². The minimum atomic E-state index is -0.773. The van der Waals surface area contributed by atoms with Crippen LogP contribution in [0.3, 0.4) is 0 Å². The normalized spacial score (nSPS) is 26.4. The molecule has 4 aliphatic heterocycles. The van der Waals surface area contributed by atoms with Gasteiger partial charge in [0.1, 0.15) is 6.29 Å². The van der Waals surface area contributed by atoms with Crippen molar-refractivity contribution in [3.8, 4) is 6.07 Å². The summed E-state index contributed by atoms with van der Waals surface area (Å²) in [5.74, 6) is -0.966. The molecule has 8 rings (SSSR count). The van der Waals surface area contributed by atoms with Gasteiger partial charge in [-0.3, -0.25) is 19.4 Å². The standard InChI is InChI=1S/C48H50N6O5.Ni/c1-10-30-27(5)44-33-19-29(23-49)46-48(11-2)45(33)53-41(47(48,6)34-18-28(24-55)12-15-40(34)54(46)7)22-36-26(4)32(14-17-43(57)59-9)39(51-36)21-38-31(13-16-42(56)58-8)25(3)35(50-38)20-37(30)52-44;/h12,15,18-22,24,33,45-46H,10-11,13-14,16-17H2,1-9H3;/q-2;+2/t33?,45?,46-,47+,48+;/m1./s1. The first-order valence-electron chi connectivity index (χ1n) is 20.5. The third-order valence-electron chi connectivity index (χ3n) is 14.2. The molecule has 0 N–H and O–H groups in total. The number of aliphatic imine (C=N–C) groups is 2. The zero-order valence-corrected chi connectivity index (χ0v) is 36.6. The molecule has 0 radical (unpaired) electrons. The molecule has 60 heavy (non-hydrogen) atoms. The Morgan fingerprint density at radius 1 is 0.983 bits per heavy atom. The van der Waals surface area contributed by atoms with Crippen LogP contribution in [0, 0.1) is 30.6 Å². The summed E-state index contributed by atoms with van der Waals surface area (Å²) in [7, 11) is 4.83. The van der Waals surface area contributed by atoms with Gasteiger partial charge in [-0.2, -0.15) is 5.26 Å². The van der Waals surface area contributed by atoms with Crippen molar-refractivity contribution < 1.29 is 40.3 Å². The molecule has 0 saturated carbocycles. The topological polar surface area (TPSA) is 150 Å². The first-order chi connectivity index (χ1) is 28.3. The predicted molar refractivity (Wildman–Crippen MR) is 228 cm³/mol. The number of nitriles is 1. The monoisotopic (exact) mass is 848 g/mol. The fraction of sp³-hybridized carbons (Fsp3) is 0.417. The summed E-state index contributed by atoms with van der Waals surface area (Å²) in [6.07, 6.45) is 11.7. The fourth-order valence-electron chi connectivity index (χ4n) is 11.1. The number of anilines is 1. The van der Waals surface area contributed by atoms with Crippen LogP contribution in [-0.4, -0.2) is 63.0 Å². The Hall–Kier alpha value is -5.53. The molecule has 1 aliphatic carbocycles. The molecule has 2 unspecified atom stereocenters. The first-order valence-corrected chi connectivity index (χ1v) is 20.5. The van der Waals surface area contributed by atoms with Crippen molar-refractivity contribution in [2.75, 3.05) is 26.2 Å². The van der Waals surface area contributed by atoms with Crippen molar-refractivity contribution in [1.29, 1.82) is 5.26 Å². The molecule has 5 atom stereocenters. The van der Waals surface area contributed by atoms with Gasteiger partial charge in [-0.1, -0.05) is 60.4 Å². The van der Waals surface area contributed by atoms with Crippen molar-refractivity contribution in [2.45, 2.75) is 103 Å². The van der Waals surface area contributed by atoms with E-state index in [9.17, 15) is 19.6 Å². The van der Waals surface area contributed by atoms with E-state index in [0.717, 1.165) is 80.2 Å². The van der Waals surface area contributed by atoms with Gasteiger partial charge in [-0.15, -0.1) is 22.1 Å². The van der Waals surface area contributed by atoms with Crippen LogP contribution in [0.1, 0.15) is 109 Å². The van der Waals surface area contributed by atoms with E-state index in [4.69, 9.17) is 29.4 Å². The number of methoxy groups -OCH3 is 2. The summed E-state index contributed by atoms with van der Waals surface area (Å²) in [5, 5.41) is 12.5. The number of allylic oxidation sites excluding steroid dienone is 2. The van der Waals surface area contributed by atoms with Crippen LogP contribution >= 0.6 is 0 Å². The summed E-state index contributed by atoms with van der Waals surface area (Å²) in [6, 6.07) is 7.84. The zero-order chi connectivity index (χ0) is 42.1. The van der Waals surface area contributed by atoms with E-state index in [2.05, 4.69) is 57.9 Å². The number of benzene rings is 1. The minimum absolute atomic E-state index is 0. The van der Waals surface area contributed by atoms with Crippen LogP contribution in [0.2, 0.25) is 0 Å². The number of hydrogen-bond acceptors (Lipinski definition) is 9. The van der Waals surface area contributed by atoms with Gasteiger partial charge in [-0.25, -0.2) is 4.99 Å². The third-order valence-corrected chi connectivity index (χ3v) is 14.2. The molecule has 2 aromatic heterocycles. The van der Waals surface area contributed by atoms with E-state index in [1.807, 2.05) is 44.2 Å². The van der Waals surface area contributed by atoms with Gasteiger partial charge in [0.2, 0.25) is 0 Å². The van der Waals surface area contributed by atoms with Gasteiger partial charge in [0.25, 0.3) is 0 Å². The summed E-state index contributed by atoms with van der Waals surface area (Å²) in [4.78, 5) is 61.4. The number of likely N-dealkylation sites (N-methyl/N-ethyl adjacent to an activating group) is 1. The van der Waals surface area contributed by atoms with Gasteiger partial charge >= 0.3 is 28.4 Å². The molecular weight excluding hydrogens is 799 g/mol. The first kappa shape index (κ1) is 42.6. The maximum Gasteiger partial charge on any atom is 2.00 e. The number of hydrogen-bond donors (Lipinski definition) is 0. The number of ether oxygens (including phenoxy) is 2. The predicted octanol–water partition coefficient (Wildman–Crippen LogP) is 5.58. The van der Waals surface area contributed by atoms with E-state index < -0.39 is 10.8 Å². The summed E-state index contributed by atoms with van der Waals surface area (Å²) >= 11 is 0. The van der Waals surface area contributed by atoms with Crippen LogP contribution < -0.4 is 25.6 Å². The van der Waals surface area contributed by atoms with Crippen molar-refractivity contribution in [1.82, 2.24) is 9.97 Å². The number of rotatable bonds is 9. The second kappa shape index (κ2) is 15.8. The molecule has 12 heteroatoms. The molecular formula is C48H50N6NiO5. The van der Waals surface area contributed by atoms with Crippen LogP contribution in [-0.2, 0) is 53.8 Å². The van der Waals surface area contributed by atoms with Crippen molar-refractivity contribution in [2.24, 2.45) is 15.4 Å². The average Bonchev–Trinajstić information content (AvgIpc) is 3.90. The molecule has 8 bridgehead atoms. The SMILES string of the molecule is CCc1c2[n-]c(c1C)C1C=C(C#N)[C@H]3N(C)c4ccc(C=O)cc4[C@@]4(C)C(=NC1[C@@]34CC)/C=c1\[n-]/c(c(CCC(=O)OC)c1C)=C\C1=NC(=C\2)/C(C)=C1CCC(=O)OC.[Ni+2]. The zero-order valence-electron chi connectivity index (χ0n) is 35.6. The Kier molecular flexibility index (Phi) is 11.2.